The van der Waals surface area contributed by atoms with Gasteiger partial charge in [-0.1, -0.05) is 11.6 Å². The van der Waals surface area contributed by atoms with E-state index in [1.807, 2.05) is 0 Å². The van der Waals surface area contributed by atoms with Crippen molar-refractivity contribution < 1.29 is 19.1 Å². The number of rotatable bonds is 7. The maximum absolute atomic E-state index is 13.0. The van der Waals surface area contributed by atoms with Crippen LogP contribution in [0, 0.1) is 0 Å². The number of nitrogens with zero attached hydrogens (tertiary/aromatic N) is 3. The summed E-state index contributed by atoms with van der Waals surface area (Å²) in [6, 6.07) is 11.0. The number of benzene rings is 2. The minimum Gasteiger partial charge on any atom is -0.466 e. The zero-order chi connectivity index (χ0) is 25.1. The third-order valence-electron chi connectivity index (χ3n) is 6.06. The van der Waals surface area contributed by atoms with Crippen molar-refractivity contribution in [2.75, 3.05) is 13.2 Å². The van der Waals surface area contributed by atoms with E-state index in [1.54, 1.807) is 61.2 Å². The van der Waals surface area contributed by atoms with E-state index in [-0.39, 0.29) is 30.2 Å². The Morgan fingerprint density at radius 3 is 2.60 bits per heavy atom. The summed E-state index contributed by atoms with van der Waals surface area (Å²) in [6.07, 6.45) is 1.79. The minimum atomic E-state index is -0.472. The van der Waals surface area contributed by atoms with E-state index in [9.17, 15) is 14.4 Å². The molecule has 0 unspecified atom stereocenters. The van der Waals surface area contributed by atoms with Gasteiger partial charge in [-0.15, -0.1) is 0 Å². The van der Waals surface area contributed by atoms with Crippen molar-refractivity contribution >= 4 is 52.2 Å². The number of fused-ring (bicyclic) bond motifs is 1. The Morgan fingerprint density at radius 1 is 1.17 bits per heavy atom. The number of imidazole rings is 1. The summed E-state index contributed by atoms with van der Waals surface area (Å²) in [5, 5.41) is 3.43. The van der Waals surface area contributed by atoms with Crippen molar-refractivity contribution in [3.05, 3.63) is 64.4 Å². The van der Waals surface area contributed by atoms with Crippen LogP contribution in [-0.2, 0) is 9.53 Å². The first kappa shape index (κ1) is 25.0. The number of carbonyl (C=O) groups excluding carboxylic acids is 3. The molecule has 1 N–H and O–H groups in total. The third-order valence-corrected chi connectivity index (χ3v) is 6.65. The van der Waals surface area contributed by atoms with Crippen LogP contribution in [0.4, 0.5) is 0 Å². The van der Waals surface area contributed by atoms with Gasteiger partial charge >= 0.3 is 5.97 Å². The molecule has 1 aromatic heterocycles. The number of carbonyl (C=O) groups is 3. The molecule has 8 nitrogen and oxygen atoms in total. The van der Waals surface area contributed by atoms with E-state index >= 15 is 0 Å². The predicted octanol–water partition coefficient (Wildman–Crippen LogP) is 4.74. The van der Waals surface area contributed by atoms with Crippen molar-refractivity contribution in [2.45, 2.75) is 45.2 Å². The molecule has 0 bridgehead atoms. The Morgan fingerprint density at radius 2 is 1.89 bits per heavy atom. The lowest BCUT2D eigenvalue weighted by Crippen LogP contribution is -2.37. The number of aromatic nitrogens is 2. The molecule has 35 heavy (non-hydrogen) atoms. The molecule has 4 rings (SSSR count). The lowest BCUT2D eigenvalue weighted by Gasteiger charge is -2.24. The second-order valence-electron chi connectivity index (χ2n) is 8.46. The van der Waals surface area contributed by atoms with Gasteiger partial charge in [-0.05, 0) is 69.2 Å². The number of halogens is 2. The first-order valence-electron chi connectivity index (χ1n) is 11.5. The summed E-state index contributed by atoms with van der Waals surface area (Å²) < 4.78 is 6.44. The molecule has 1 saturated heterocycles. The molecule has 184 valence electrons. The molecule has 1 aliphatic heterocycles. The Kier molecular flexibility index (Phi) is 7.62. The van der Waals surface area contributed by atoms with Gasteiger partial charge in [0.05, 0.1) is 30.1 Å². The molecule has 1 fully saturated rings. The highest BCUT2D eigenvalue weighted by molar-refractivity contribution is 6.31. The quantitative estimate of drug-likeness (QED) is 0.457. The van der Waals surface area contributed by atoms with Gasteiger partial charge in [0.1, 0.15) is 5.82 Å². The highest BCUT2D eigenvalue weighted by Gasteiger charge is 2.31. The highest BCUT2D eigenvalue weighted by Crippen LogP contribution is 2.26. The van der Waals surface area contributed by atoms with Crippen molar-refractivity contribution in [3.63, 3.8) is 0 Å². The standard InChI is InChI=1S/C25H26Cl2N4O4/c1-3-35-22(32)14-19-5-4-12-30(19)25(34)17-8-6-16(7-9-17)24(33)28-15(2)23-29-20-13-18(26)10-11-21(20)31(23)27/h6-11,13,15,19H,3-5,12,14H2,1-2H3,(H,28,33)/t15-,19+/m0/s1. The summed E-state index contributed by atoms with van der Waals surface area (Å²) in [5.41, 5.74) is 2.19. The zero-order valence-electron chi connectivity index (χ0n) is 19.5. The first-order chi connectivity index (χ1) is 16.8. The van der Waals surface area contributed by atoms with E-state index in [0.29, 0.717) is 46.2 Å². The first-order valence-corrected chi connectivity index (χ1v) is 12.2. The summed E-state index contributed by atoms with van der Waals surface area (Å²) in [7, 11) is 0. The van der Waals surface area contributed by atoms with Crippen LogP contribution in [0.15, 0.2) is 42.5 Å². The van der Waals surface area contributed by atoms with Crippen LogP contribution in [0.3, 0.4) is 0 Å². The fraction of sp³-hybridized carbons (Fsp3) is 0.360. The number of ether oxygens (including phenoxy) is 1. The molecule has 2 aromatic carbocycles. The van der Waals surface area contributed by atoms with Crippen LogP contribution in [0.2, 0.25) is 5.02 Å². The summed E-state index contributed by atoms with van der Waals surface area (Å²) >= 11 is 12.4. The van der Waals surface area contributed by atoms with E-state index in [4.69, 9.17) is 28.1 Å². The summed E-state index contributed by atoms with van der Waals surface area (Å²) in [6.45, 7) is 4.46. The summed E-state index contributed by atoms with van der Waals surface area (Å²) in [4.78, 5) is 43.9. The normalized spacial score (nSPS) is 16.3. The van der Waals surface area contributed by atoms with Gasteiger partial charge in [-0.2, -0.15) is 0 Å². The molecular weight excluding hydrogens is 491 g/mol. The molecule has 2 heterocycles. The van der Waals surface area contributed by atoms with Crippen LogP contribution >= 0.6 is 23.4 Å². The second-order valence-corrected chi connectivity index (χ2v) is 9.23. The minimum absolute atomic E-state index is 0.161. The SMILES string of the molecule is CCOC(=O)C[C@H]1CCCN1C(=O)c1ccc(C(=O)N[C@@H](C)c2nc3cc(Cl)ccc3n2Cl)cc1. The lowest BCUT2D eigenvalue weighted by atomic mass is 10.1. The van der Waals surface area contributed by atoms with Crippen molar-refractivity contribution in [3.8, 4) is 0 Å². The maximum atomic E-state index is 13.0. The second kappa shape index (κ2) is 10.7. The maximum Gasteiger partial charge on any atom is 0.307 e. The molecule has 3 aromatic rings. The molecule has 2 atom stereocenters. The Labute approximate surface area is 213 Å². The average Bonchev–Trinajstić information content (AvgIpc) is 3.42. The van der Waals surface area contributed by atoms with Crippen molar-refractivity contribution in [2.24, 2.45) is 0 Å². The largest absolute Gasteiger partial charge is 0.466 e. The Bertz CT molecular complexity index is 1260. The van der Waals surface area contributed by atoms with E-state index in [1.165, 1.54) is 4.09 Å². The molecule has 2 amide bonds. The monoisotopic (exact) mass is 516 g/mol. The van der Waals surface area contributed by atoms with Crippen LogP contribution < -0.4 is 5.32 Å². The van der Waals surface area contributed by atoms with Crippen LogP contribution in [0.1, 0.15) is 65.7 Å². The van der Waals surface area contributed by atoms with Crippen molar-refractivity contribution in [1.82, 2.24) is 19.3 Å². The van der Waals surface area contributed by atoms with E-state index < -0.39 is 6.04 Å². The van der Waals surface area contributed by atoms with Gasteiger partial charge in [-0.3, -0.25) is 14.4 Å². The molecule has 0 aliphatic carbocycles. The van der Waals surface area contributed by atoms with Crippen LogP contribution in [0.25, 0.3) is 11.0 Å². The molecular formula is C25H26Cl2N4O4. The lowest BCUT2D eigenvalue weighted by molar-refractivity contribution is -0.144. The van der Waals surface area contributed by atoms with Gasteiger partial charge in [-0.25, -0.2) is 9.07 Å². The van der Waals surface area contributed by atoms with Gasteiger partial charge < -0.3 is 15.0 Å². The van der Waals surface area contributed by atoms with Gasteiger partial charge in [0.25, 0.3) is 11.8 Å². The van der Waals surface area contributed by atoms with Crippen LogP contribution in [-0.4, -0.2) is 50.9 Å². The van der Waals surface area contributed by atoms with E-state index in [2.05, 4.69) is 10.3 Å². The number of esters is 1. The van der Waals surface area contributed by atoms with Gasteiger partial charge in [0.15, 0.2) is 0 Å². The number of nitrogens with one attached hydrogen (secondary N) is 1. The predicted molar refractivity (Wildman–Crippen MR) is 134 cm³/mol. The smallest absolute Gasteiger partial charge is 0.307 e. The van der Waals surface area contributed by atoms with Gasteiger partial charge in [0.2, 0.25) is 0 Å². The third kappa shape index (κ3) is 5.44. The highest BCUT2D eigenvalue weighted by atomic mass is 35.5. The number of hydrogen-bond donors (Lipinski definition) is 1. The van der Waals surface area contributed by atoms with Crippen molar-refractivity contribution in [1.29, 1.82) is 0 Å². The molecule has 0 saturated carbocycles. The molecule has 0 radical (unpaired) electrons. The average molecular weight is 517 g/mol. The fourth-order valence-corrected chi connectivity index (χ4v) is 4.81. The fourth-order valence-electron chi connectivity index (χ4n) is 4.31. The van der Waals surface area contributed by atoms with Gasteiger partial charge in [0, 0.05) is 40.5 Å². The summed E-state index contributed by atoms with van der Waals surface area (Å²) in [5.74, 6) is -0.302. The number of likely N-dealkylation sites (tertiary alicyclic amines) is 1. The Balaban J connectivity index is 1.42. The van der Waals surface area contributed by atoms with E-state index in [0.717, 1.165) is 12.8 Å². The Hall–Kier alpha value is -3.10. The number of amides is 2. The molecule has 0 spiro atoms. The molecule has 1 aliphatic rings. The molecule has 10 heteroatoms. The number of hydrogen-bond acceptors (Lipinski definition) is 5. The van der Waals surface area contributed by atoms with Crippen LogP contribution in [0.5, 0.6) is 0 Å². The topological polar surface area (TPSA) is 93.5 Å². The zero-order valence-corrected chi connectivity index (χ0v) is 21.0.